The maximum absolute atomic E-state index is 11.7. The zero-order valence-corrected chi connectivity index (χ0v) is 20.0. The molecule has 2 aliphatic rings. The zero-order chi connectivity index (χ0) is 24.0. The van der Waals surface area contributed by atoms with Crippen molar-refractivity contribution in [1.82, 2.24) is 9.80 Å². The van der Waals surface area contributed by atoms with Crippen molar-refractivity contribution < 1.29 is 24.5 Å². The van der Waals surface area contributed by atoms with Gasteiger partial charge in [-0.3, -0.25) is 9.69 Å². The smallest absolute Gasteiger partial charge is 0.222 e. The summed E-state index contributed by atoms with van der Waals surface area (Å²) in [6.07, 6.45) is 2.10. The van der Waals surface area contributed by atoms with Gasteiger partial charge in [-0.1, -0.05) is 24.3 Å². The van der Waals surface area contributed by atoms with Gasteiger partial charge in [0, 0.05) is 39.1 Å². The molecule has 0 bridgehead atoms. The number of carbonyl (C=O) groups is 1. The molecular weight excluding hydrogens is 432 g/mol. The van der Waals surface area contributed by atoms with Crippen LogP contribution in [0.25, 0.3) is 0 Å². The first kappa shape index (κ1) is 24.5. The van der Waals surface area contributed by atoms with Crippen molar-refractivity contribution in [2.45, 2.75) is 50.9 Å². The van der Waals surface area contributed by atoms with Crippen molar-refractivity contribution in [1.29, 1.82) is 0 Å². The van der Waals surface area contributed by atoms with Gasteiger partial charge < -0.3 is 24.6 Å². The highest BCUT2D eigenvalue weighted by Gasteiger charge is 2.42. The van der Waals surface area contributed by atoms with Gasteiger partial charge in [0.2, 0.25) is 5.91 Å². The summed E-state index contributed by atoms with van der Waals surface area (Å²) in [5.74, 6) is 1.75. The van der Waals surface area contributed by atoms with Gasteiger partial charge >= 0.3 is 0 Å². The van der Waals surface area contributed by atoms with Crippen LogP contribution in [-0.2, 0) is 11.3 Å². The van der Waals surface area contributed by atoms with E-state index in [0.717, 1.165) is 42.8 Å². The Hall–Kier alpha value is -2.61. The van der Waals surface area contributed by atoms with E-state index in [9.17, 15) is 15.0 Å². The molecule has 4 rings (SSSR count). The average Bonchev–Trinajstić information content (AvgIpc) is 3.23. The summed E-state index contributed by atoms with van der Waals surface area (Å²) in [5.41, 5.74) is 0.843. The Balaban J connectivity index is 1.27. The third kappa shape index (κ3) is 6.50. The molecule has 7 heteroatoms. The number of hydrogen-bond acceptors (Lipinski definition) is 6. The molecule has 0 saturated carbocycles. The highest BCUT2D eigenvalue weighted by molar-refractivity contribution is 5.77. The predicted molar refractivity (Wildman–Crippen MR) is 130 cm³/mol. The van der Waals surface area contributed by atoms with Gasteiger partial charge in [0.15, 0.2) is 0 Å². The second kappa shape index (κ2) is 11.2. The van der Waals surface area contributed by atoms with E-state index in [1.54, 1.807) is 0 Å². The van der Waals surface area contributed by atoms with Crippen LogP contribution >= 0.6 is 0 Å². The Morgan fingerprint density at radius 1 is 1.09 bits per heavy atom. The molecule has 2 aliphatic heterocycles. The highest BCUT2D eigenvalue weighted by Crippen LogP contribution is 2.26. The molecule has 1 amide bonds. The molecular formula is C27H36N2O5. The van der Waals surface area contributed by atoms with Gasteiger partial charge in [-0.25, -0.2) is 0 Å². The van der Waals surface area contributed by atoms with E-state index in [0.29, 0.717) is 44.8 Å². The van der Waals surface area contributed by atoms with Crippen molar-refractivity contribution in [2.24, 2.45) is 0 Å². The molecule has 2 aromatic rings. The lowest BCUT2D eigenvalue weighted by molar-refractivity contribution is -0.140. The largest absolute Gasteiger partial charge is 0.494 e. The standard InChI is InChI=1S/C27H36N2O5/c1-21-6-2-8-23(16-21)34-20-27(32)19-28(14-11-25(27)30)18-22-7-3-9-24(17-22)33-15-5-13-29-12-4-10-26(29)31/h2-3,6-9,16-17,25,30,32H,4-5,10-15,18-20H2,1H3/t25-,27-/m0/s1. The van der Waals surface area contributed by atoms with Gasteiger partial charge in [-0.05, 0) is 61.6 Å². The summed E-state index contributed by atoms with van der Waals surface area (Å²) in [6.45, 7) is 5.89. The molecule has 0 spiro atoms. The summed E-state index contributed by atoms with van der Waals surface area (Å²) in [4.78, 5) is 15.8. The molecule has 2 N–H and O–H groups in total. The lowest BCUT2D eigenvalue weighted by Gasteiger charge is -2.42. The Morgan fingerprint density at radius 3 is 2.65 bits per heavy atom. The molecule has 0 aliphatic carbocycles. The number of amides is 1. The van der Waals surface area contributed by atoms with Crippen LogP contribution < -0.4 is 9.47 Å². The van der Waals surface area contributed by atoms with Gasteiger partial charge in [-0.2, -0.15) is 0 Å². The Labute approximate surface area is 201 Å². The minimum Gasteiger partial charge on any atom is -0.494 e. The fourth-order valence-electron chi connectivity index (χ4n) is 4.71. The number of aryl methyl sites for hydroxylation is 1. The first-order chi connectivity index (χ1) is 16.4. The van der Waals surface area contributed by atoms with Crippen LogP contribution in [0.1, 0.15) is 36.8 Å². The Kier molecular flexibility index (Phi) is 8.08. The highest BCUT2D eigenvalue weighted by atomic mass is 16.5. The summed E-state index contributed by atoms with van der Waals surface area (Å²) in [7, 11) is 0. The van der Waals surface area contributed by atoms with E-state index < -0.39 is 11.7 Å². The number of β-amino-alcohol motifs (C(OH)–C–C–N with tert-alkyl or cyclic N) is 1. The Morgan fingerprint density at radius 2 is 1.88 bits per heavy atom. The third-order valence-electron chi connectivity index (χ3n) is 6.63. The fraction of sp³-hybridized carbons (Fsp3) is 0.519. The lowest BCUT2D eigenvalue weighted by atomic mass is 9.90. The van der Waals surface area contributed by atoms with E-state index >= 15 is 0 Å². The molecule has 2 fully saturated rings. The number of aliphatic hydroxyl groups excluding tert-OH is 1. The minimum atomic E-state index is -1.33. The molecule has 184 valence electrons. The minimum absolute atomic E-state index is 0.0385. The molecule has 7 nitrogen and oxygen atoms in total. The first-order valence-corrected chi connectivity index (χ1v) is 12.2. The normalized spacial score (nSPS) is 23.3. The number of ether oxygens (including phenoxy) is 2. The summed E-state index contributed by atoms with van der Waals surface area (Å²) >= 11 is 0. The SMILES string of the molecule is Cc1cccc(OC[C@@]2(O)CN(Cc3cccc(OCCCN4CCCC4=O)c3)CC[C@@H]2O)c1. The van der Waals surface area contributed by atoms with Crippen LogP contribution in [-0.4, -0.2) is 77.0 Å². The van der Waals surface area contributed by atoms with E-state index in [-0.39, 0.29) is 12.5 Å². The van der Waals surface area contributed by atoms with Crippen molar-refractivity contribution in [3.8, 4) is 11.5 Å². The van der Waals surface area contributed by atoms with Crippen molar-refractivity contribution >= 4 is 5.91 Å². The number of rotatable bonds is 10. The molecule has 0 unspecified atom stereocenters. The number of piperidine rings is 1. The van der Waals surface area contributed by atoms with Crippen LogP contribution in [0.5, 0.6) is 11.5 Å². The maximum atomic E-state index is 11.7. The number of aliphatic hydroxyl groups is 2. The van der Waals surface area contributed by atoms with Crippen LogP contribution in [0.15, 0.2) is 48.5 Å². The second-order valence-electron chi connectivity index (χ2n) is 9.56. The van der Waals surface area contributed by atoms with E-state index in [4.69, 9.17) is 9.47 Å². The number of benzene rings is 2. The molecule has 34 heavy (non-hydrogen) atoms. The molecule has 2 aromatic carbocycles. The van der Waals surface area contributed by atoms with Gasteiger partial charge in [0.1, 0.15) is 23.7 Å². The van der Waals surface area contributed by atoms with Crippen LogP contribution in [0.2, 0.25) is 0 Å². The maximum Gasteiger partial charge on any atom is 0.222 e. The quantitative estimate of drug-likeness (QED) is 0.522. The van der Waals surface area contributed by atoms with Gasteiger partial charge in [0.25, 0.3) is 0 Å². The number of carbonyl (C=O) groups excluding carboxylic acids is 1. The fourth-order valence-corrected chi connectivity index (χ4v) is 4.71. The zero-order valence-electron chi connectivity index (χ0n) is 20.0. The lowest BCUT2D eigenvalue weighted by Crippen LogP contribution is -2.59. The van der Waals surface area contributed by atoms with Crippen LogP contribution in [0.3, 0.4) is 0 Å². The first-order valence-electron chi connectivity index (χ1n) is 12.2. The van der Waals surface area contributed by atoms with Crippen LogP contribution in [0, 0.1) is 6.92 Å². The monoisotopic (exact) mass is 468 g/mol. The van der Waals surface area contributed by atoms with Crippen LogP contribution in [0.4, 0.5) is 0 Å². The number of likely N-dealkylation sites (tertiary alicyclic amines) is 2. The summed E-state index contributed by atoms with van der Waals surface area (Å²) in [6, 6.07) is 15.7. The average molecular weight is 469 g/mol. The van der Waals surface area contributed by atoms with Crippen molar-refractivity contribution in [3.63, 3.8) is 0 Å². The molecule has 2 atom stereocenters. The van der Waals surface area contributed by atoms with Gasteiger partial charge in [-0.15, -0.1) is 0 Å². The predicted octanol–water partition coefficient (Wildman–Crippen LogP) is 2.76. The third-order valence-corrected chi connectivity index (χ3v) is 6.63. The Bertz CT molecular complexity index is 968. The second-order valence-corrected chi connectivity index (χ2v) is 9.56. The molecule has 2 heterocycles. The van der Waals surface area contributed by atoms with Gasteiger partial charge in [0.05, 0.1) is 12.7 Å². The van der Waals surface area contributed by atoms with E-state index in [1.807, 2.05) is 60.4 Å². The molecule has 0 radical (unpaired) electrons. The van der Waals surface area contributed by atoms with Crippen molar-refractivity contribution in [3.05, 3.63) is 59.7 Å². The number of nitrogens with zero attached hydrogens (tertiary/aromatic N) is 2. The summed E-state index contributed by atoms with van der Waals surface area (Å²) < 4.78 is 11.8. The topological polar surface area (TPSA) is 82.5 Å². The van der Waals surface area contributed by atoms with E-state index in [1.165, 1.54) is 0 Å². The van der Waals surface area contributed by atoms with E-state index in [2.05, 4.69) is 4.90 Å². The number of hydrogen-bond donors (Lipinski definition) is 2. The van der Waals surface area contributed by atoms with Crippen molar-refractivity contribution in [2.75, 3.05) is 39.4 Å². The molecule has 2 saturated heterocycles. The summed E-state index contributed by atoms with van der Waals surface area (Å²) in [5, 5.41) is 21.7. The molecule has 0 aromatic heterocycles.